The van der Waals surface area contributed by atoms with E-state index in [1.165, 1.54) is 24.3 Å². The molecule has 1 aliphatic heterocycles. The number of rotatable bonds is 5. The second kappa shape index (κ2) is 7.58. The molecule has 0 saturated carbocycles. The number of aromatic carboxylic acids is 1. The number of hydrogen-bond donors (Lipinski definition) is 2. The van der Waals surface area contributed by atoms with E-state index >= 15 is 0 Å². The van der Waals surface area contributed by atoms with Crippen LogP contribution in [0.2, 0.25) is 0 Å². The Bertz CT molecular complexity index is 934. The van der Waals surface area contributed by atoms with Crippen molar-refractivity contribution >= 4 is 27.4 Å². The smallest absolute Gasteiger partial charge is 0.335 e. The standard InChI is InChI=1S/C19H23N3O4S/c1-14-3-6-16(7-4-14)27(25,26)20-17-13-15(19(23)24)5-8-18(17)22-11-9-21(2)10-12-22/h3-8,13,20H,9-12H2,1-2H3,(H,23,24). The van der Waals surface area contributed by atoms with E-state index in [-0.39, 0.29) is 16.1 Å². The molecule has 2 aromatic carbocycles. The van der Waals surface area contributed by atoms with E-state index in [0.29, 0.717) is 5.69 Å². The molecule has 1 saturated heterocycles. The molecule has 1 heterocycles. The number of carboxylic acids is 1. The lowest BCUT2D eigenvalue weighted by Gasteiger charge is -2.35. The van der Waals surface area contributed by atoms with Crippen molar-refractivity contribution in [3.05, 3.63) is 53.6 Å². The van der Waals surface area contributed by atoms with Gasteiger partial charge in [0.15, 0.2) is 0 Å². The second-order valence-electron chi connectivity index (χ2n) is 6.75. The molecule has 0 amide bonds. The van der Waals surface area contributed by atoms with E-state index in [1.54, 1.807) is 18.2 Å². The Morgan fingerprint density at radius 3 is 2.26 bits per heavy atom. The minimum absolute atomic E-state index is 0.0366. The molecule has 0 unspecified atom stereocenters. The van der Waals surface area contributed by atoms with Gasteiger partial charge in [0.05, 0.1) is 21.8 Å². The molecule has 1 fully saturated rings. The van der Waals surface area contributed by atoms with Gasteiger partial charge in [0.25, 0.3) is 10.0 Å². The summed E-state index contributed by atoms with van der Waals surface area (Å²) in [5.41, 5.74) is 1.96. The van der Waals surface area contributed by atoms with E-state index in [1.807, 2.05) is 14.0 Å². The molecule has 8 heteroatoms. The molecule has 0 bridgehead atoms. The first-order valence-electron chi connectivity index (χ1n) is 8.66. The third kappa shape index (κ3) is 4.40. The molecule has 0 aliphatic carbocycles. The first-order valence-corrected chi connectivity index (χ1v) is 10.1. The van der Waals surface area contributed by atoms with Crippen LogP contribution in [0.3, 0.4) is 0 Å². The fourth-order valence-electron chi connectivity index (χ4n) is 3.00. The van der Waals surface area contributed by atoms with E-state index in [0.717, 1.165) is 31.7 Å². The fourth-order valence-corrected chi connectivity index (χ4v) is 4.06. The van der Waals surface area contributed by atoms with E-state index in [9.17, 15) is 18.3 Å². The van der Waals surface area contributed by atoms with Gasteiger partial charge in [-0.05, 0) is 44.3 Å². The lowest BCUT2D eigenvalue weighted by molar-refractivity contribution is 0.0697. The number of benzene rings is 2. The minimum atomic E-state index is -3.82. The summed E-state index contributed by atoms with van der Waals surface area (Å²) < 4.78 is 28.2. The summed E-state index contributed by atoms with van der Waals surface area (Å²) in [7, 11) is -1.79. The lowest BCUT2D eigenvalue weighted by Crippen LogP contribution is -2.44. The summed E-state index contributed by atoms with van der Waals surface area (Å²) in [6.07, 6.45) is 0. The average Bonchev–Trinajstić information content (AvgIpc) is 2.62. The molecule has 7 nitrogen and oxygen atoms in total. The largest absolute Gasteiger partial charge is 0.478 e. The maximum absolute atomic E-state index is 12.8. The first-order chi connectivity index (χ1) is 12.8. The van der Waals surface area contributed by atoms with Gasteiger partial charge in [-0.3, -0.25) is 4.72 Å². The number of nitrogens with zero attached hydrogens (tertiary/aromatic N) is 2. The molecule has 2 aromatic rings. The Kier molecular flexibility index (Phi) is 5.38. The molecule has 27 heavy (non-hydrogen) atoms. The van der Waals surface area contributed by atoms with Gasteiger partial charge in [-0.1, -0.05) is 17.7 Å². The monoisotopic (exact) mass is 389 g/mol. The predicted molar refractivity (Wildman–Crippen MR) is 105 cm³/mol. The van der Waals surface area contributed by atoms with Crippen LogP contribution in [-0.2, 0) is 10.0 Å². The van der Waals surface area contributed by atoms with Gasteiger partial charge in [-0.15, -0.1) is 0 Å². The Morgan fingerprint density at radius 1 is 1.04 bits per heavy atom. The zero-order valence-electron chi connectivity index (χ0n) is 15.3. The van der Waals surface area contributed by atoms with Crippen molar-refractivity contribution in [2.75, 3.05) is 42.8 Å². The maximum Gasteiger partial charge on any atom is 0.335 e. The Hall–Kier alpha value is -2.58. The molecule has 3 rings (SSSR count). The number of anilines is 2. The van der Waals surface area contributed by atoms with Crippen molar-refractivity contribution in [2.24, 2.45) is 0 Å². The summed E-state index contributed by atoms with van der Waals surface area (Å²) in [5, 5.41) is 9.29. The van der Waals surface area contributed by atoms with Gasteiger partial charge >= 0.3 is 5.97 Å². The highest BCUT2D eigenvalue weighted by atomic mass is 32.2. The van der Waals surface area contributed by atoms with E-state index in [4.69, 9.17) is 0 Å². The second-order valence-corrected chi connectivity index (χ2v) is 8.43. The molecule has 0 aromatic heterocycles. The SMILES string of the molecule is Cc1ccc(S(=O)(=O)Nc2cc(C(=O)O)ccc2N2CCN(C)CC2)cc1. The molecular weight excluding hydrogens is 366 g/mol. The van der Waals surface area contributed by atoms with Gasteiger partial charge < -0.3 is 14.9 Å². The van der Waals surface area contributed by atoms with Gasteiger partial charge in [-0.25, -0.2) is 13.2 Å². The predicted octanol–water partition coefficient (Wildman–Crippen LogP) is 2.25. The highest BCUT2D eigenvalue weighted by Crippen LogP contribution is 2.30. The van der Waals surface area contributed by atoms with Crippen LogP contribution in [-0.4, -0.2) is 57.6 Å². The molecule has 0 spiro atoms. The van der Waals surface area contributed by atoms with Gasteiger partial charge in [0.1, 0.15) is 0 Å². The van der Waals surface area contributed by atoms with Crippen molar-refractivity contribution in [1.29, 1.82) is 0 Å². The van der Waals surface area contributed by atoms with Crippen LogP contribution in [0.15, 0.2) is 47.4 Å². The first kappa shape index (κ1) is 19.2. The Labute approximate surface area is 159 Å². The molecule has 0 radical (unpaired) electrons. The van der Waals surface area contributed by atoms with Gasteiger partial charge in [-0.2, -0.15) is 0 Å². The number of aryl methyl sites for hydroxylation is 1. The van der Waals surface area contributed by atoms with Crippen molar-refractivity contribution in [3.63, 3.8) is 0 Å². The molecule has 2 N–H and O–H groups in total. The van der Waals surface area contributed by atoms with Crippen LogP contribution >= 0.6 is 0 Å². The summed E-state index contributed by atoms with van der Waals surface area (Å²) in [6.45, 7) is 5.06. The summed E-state index contributed by atoms with van der Waals surface area (Å²) in [5.74, 6) is -1.10. The highest BCUT2D eigenvalue weighted by Gasteiger charge is 2.22. The normalized spacial score (nSPS) is 15.6. The zero-order valence-corrected chi connectivity index (χ0v) is 16.2. The van der Waals surface area contributed by atoms with Crippen molar-refractivity contribution in [1.82, 2.24) is 4.90 Å². The summed E-state index contributed by atoms with van der Waals surface area (Å²) >= 11 is 0. The van der Waals surface area contributed by atoms with Gasteiger partial charge in [0, 0.05) is 26.2 Å². The minimum Gasteiger partial charge on any atom is -0.478 e. The zero-order chi connectivity index (χ0) is 19.6. The number of carboxylic acid groups (broad SMARTS) is 1. The van der Waals surface area contributed by atoms with Crippen molar-refractivity contribution < 1.29 is 18.3 Å². The van der Waals surface area contributed by atoms with Crippen LogP contribution in [0.5, 0.6) is 0 Å². The molecule has 144 valence electrons. The number of sulfonamides is 1. The van der Waals surface area contributed by atoms with Crippen LogP contribution in [0.25, 0.3) is 0 Å². The number of piperazine rings is 1. The summed E-state index contributed by atoms with van der Waals surface area (Å²) in [4.78, 5) is 15.8. The number of likely N-dealkylation sites (N-methyl/N-ethyl adjacent to an activating group) is 1. The molecule has 1 aliphatic rings. The highest BCUT2D eigenvalue weighted by molar-refractivity contribution is 7.92. The van der Waals surface area contributed by atoms with Crippen LogP contribution < -0.4 is 9.62 Å². The summed E-state index contributed by atoms with van der Waals surface area (Å²) in [6, 6.07) is 11.1. The average molecular weight is 389 g/mol. The molecule has 0 atom stereocenters. The van der Waals surface area contributed by atoms with Crippen LogP contribution in [0.1, 0.15) is 15.9 Å². The molecular formula is C19H23N3O4S. The Balaban J connectivity index is 1.97. The lowest BCUT2D eigenvalue weighted by atomic mass is 10.1. The quantitative estimate of drug-likeness (QED) is 0.815. The van der Waals surface area contributed by atoms with Crippen molar-refractivity contribution in [3.8, 4) is 0 Å². The van der Waals surface area contributed by atoms with Crippen LogP contribution in [0, 0.1) is 6.92 Å². The number of hydrogen-bond acceptors (Lipinski definition) is 5. The third-order valence-corrected chi connectivity index (χ3v) is 6.04. The fraction of sp³-hybridized carbons (Fsp3) is 0.316. The number of nitrogens with one attached hydrogen (secondary N) is 1. The third-order valence-electron chi connectivity index (χ3n) is 4.66. The topological polar surface area (TPSA) is 89.9 Å². The van der Waals surface area contributed by atoms with Crippen molar-refractivity contribution in [2.45, 2.75) is 11.8 Å². The Morgan fingerprint density at radius 2 is 1.67 bits per heavy atom. The maximum atomic E-state index is 12.8. The van der Waals surface area contributed by atoms with Gasteiger partial charge in [0.2, 0.25) is 0 Å². The van der Waals surface area contributed by atoms with E-state index < -0.39 is 16.0 Å². The van der Waals surface area contributed by atoms with E-state index in [2.05, 4.69) is 14.5 Å². The van der Waals surface area contributed by atoms with Crippen LogP contribution in [0.4, 0.5) is 11.4 Å². The number of carbonyl (C=O) groups is 1.